The highest BCUT2D eigenvalue weighted by molar-refractivity contribution is 5.37. The van der Waals surface area contributed by atoms with Gasteiger partial charge >= 0.3 is 0 Å². The third-order valence-electron chi connectivity index (χ3n) is 3.10. The lowest BCUT2D eigenvalue weighted by atomic mass is 10.1. The second-order valence-electron chi connectivity index (χ2n) is 4.25. The first kappa shape index (κ1) is 11.0. The Morgan fingerprint density at radius 3 is 2.89 bits per heavy atom. The molecule has 18 heavy (non-hydrogen) atoms. The molecule has 0 saturated carbocycles. The van der Waals surface area contributed by atoms with E-state index in [1.807, 2.05) is 24.3 Å². The molecule has 0 radical (unpaired) electrons. The number of fused-ring (bicyclic) bond motifs is 1. The van der Waals surface area contributed by atoms with E-state index in [4.69, 9.17) is 9.47 Å². The van der Waals surface area contributed by atoms with Gasteiger partial charge < -0.3 is 14.4 Å². The highest BCUT2D eigenvalue weighted by Gasteiger charge is 2.20. The lowest BCUT2D eigenvalue weighted by Crippen LogP contribution is -2.18. The van der Waals surface area contributed by atoms with E-state index in [1.165, 1.54) is 5.56 Å². The van der Waals surface area contributed by atoms with Gasteiger partial charge in [0, 0.05) is 12.7 Å². The predicted octanol–water partition coefficient (Wildman–Crippen LogP) is 2.82. The van der Waals surface area contributed by atoms with E-state index in [9.17, 15) is 0 Å². The van der Waals surface area contributed by atoms with E-state index in [1.54, 1.807) is 7.11 Å². The molecule has 2 aliphatic heterocycles. The summed E-state index contributed by atoms with van der Waals surface area (Å²) in [5.74, 6) is 1.85. The van der Waals surface area contributed by atoms with Gasteiger partial charge in [-0.3, -0.25) is 0 Å². The molecule has 0 atom stereocenters. The molecule has 0 fully saturated rings. The second kappa shape index (κ2) is 4.61. The van der Waals surface area contributed by atoms with Crippen LogP contribution in [-0.2, 0) is 11.3 Å². The summed E-state index contributed by atoms with van der Waals surface area (Å²) in [4.78, 5) is 2.20. The summed E-state index contributed by atoms with van der Waals surface area (Å²) in [6.07, 6.45) is 8.21. The minimum absolute atomic E-state index is 0.669. The molecule has 1 aromatic carbocycles. The number of ether oxygens (including phenoxy) is 2. The molecule has 0 aromatic heterocycles. The quantitative estimate of drug-likeness (QED) is 0.812. The zero-order valence-corrected chi connectivity index (χ0v) is 10.3. The van der Waals surface area contributed by atoms with Crippen molar-refractivity contribution in [1.29, 1.82) is 0 Å². The molecule has 2 aliphatic rings. The maximum absolute atomic E-state index is 5.52. The van der Waals surface area contributed by atoms with Crippen LogP contribution in [0.25, 0.3) is 0 Å². The molecular formula is C15H15NO2. The van der Waals surface area contributed by atoms with Gasteiger partial charge in [0.25, 0.3) is 0 Å². The molecular weight excluding hydrogens is 226 g/mol. The number of benzene rings is 1. The zero-order valence-electron chi connectivity index (χ0n) is 10.3. The highest BCUT2D eigenvalue weighted by atomic mass is 16.5. The van der Waals surface area contributed by atoms with Crippen LogP contribution in [0.1, 0.15) is 5.56 Å². The Kier molecular flexibility index (Phi) is 2.81. The Bertz CT molecular complexity index is 526. The average Bonchev–Trinajstić information content (AvgIpc) is 2.89. The van der Waals surface area contributed by atoms with Crippen molar-refractivity contribution in [3.05, 3.63) is 65.7 Å². The summed E-state index contributed by atoms with van der Waals surface area (Å²) < 4.78 is 10.7. The monoisotopic (exact) mass is 241 g/mol. The fourth-order valence-corrected chi connectivity index (χ4v) is 2.16. The van der Waals surface area contributed by atoms with E-state index in [2.05, 4.69) is 29.3 Å². The van der Waals surface area contributed by atoms with Crippen molar-refractivity contribution in [3.8, 4) is 5.75 Å². The Hall–Kier alpha value is -2.16. The van der Waals surface area contributed by atoms with Gasteiger partial charge in [-0.1, -0.05) is 12.1 Å². The molecule has 2 heterocycles. The molecule has 0 saturated heterocycles. The van der Waals surface area contributed by atoms with Gasteiger partial charge in [-0.25, -0.2) is 0 Å². The van der Waals surface area contributed by atoms with Crippen molar-refractivity contribution in [1.82, 2.24) is 4.90 Å². The molecule has 3 nitrogen and oxygen atoms in total. The van der Waals surface area contributed by atoms with Crippen molar-refractivity contribution in [2.75, 3.05) is 13.7 Å². The fourth-order valence-electron chi connectivity index (χ4n) is 2.16. The molecule has 0 aliphatic carbocycles. The molecule has 0 N–H and O–H groups in total. The van der Waals surface area contributed by atoms with Crippen LogP contribution in [0.3, 0.4) is 0 Å². The topological polar surface area (TPSA) is 21.7 Å². The standard InChI is InChI=1S/C15H15NO2/c1-17-13-6-4-12(5-7-13)11-16-9-2-3-15-14(16)8-10-18-15/h2-9H,10-11H2,1H3. The smallest absolute Gasteiger partial charge is 0.143 e. The van der Waals surface area contributed by atoms with Crippen molar-refractivity contribution < 1.29 is 9.47 Å². The van der Waals surface area contributed by atoms with Crippen LogP contribution in [0.5, 0.6) is 5.75 Å². The van der Waals surface area contributed by atoms with Crippen LogP contribution >= 0.6 is 0 Å². The van der Waals surface area contributed by atoms with Crippen LogP contribution in [0.4, 0.5) is 0 Å². The van der Waals surface area contributed by atoms with Gasteiger partial charge in [0.2, 0.25) is 0 Å². The number of rotatable bonds is 3. The number of methoxy groups -OCH3 is 1. The zero-order chi connectivity index (χ0) is 12.4. The van der Waals surface area contributed by atoms with Crippen LogP contribution in [0.2, 0.25) is 0 Å². The summed E-state index contributed by atoms with van der Waals surface area (Å²) in [7, 11) is 1.68. The first-order valence-corrected chi connectivity index (χ1v) is 5.98. The highest BCUT2D eigenvalue weighted by Crippen LogP contribution is 2.27. The Morgan fingerprint density at radius 2 is 2.11 bits per heavy atom. The second-order valence-corrected chi connectivity index (χ2v) is 4.25. The van der Waals surface area contributed by atoms with E-state index >= 15 is 0 Å². The largest absolute Gasteiger partial charge is 0.497 e. The SMILES string of the molecule is COc1ccc(CN2C=CC=C3OCC=C32)cc1. The van der Waals surface area contributed by atoms with Crippen LogP contribution in [0.15, 0.2) is 60.1 Å². The molecule has 3 heteroatoms. The number of hydrogen-bond donors (Lipinski definition) is 0. The third kappa shape index (κ3) is 1.99. The average molecular weight is 241 g/mol. The van der Waals surface area contributed by atoms with Gasteiger partial charge in [-0.15, -0.1) is 0 Å². The first-order valence-electron chi connectivity index (χ1n) is 5.98. The van der Waals surface area contributed by atoms with Gasteiger partial charge in [0.05, 0.1) is 12.8 Å². The van der Waals surface area contributed by atoms with Crippen molar-refractivity contribution in [2.24, 2.45) is 0 Å². The summed E-state index contributed by atoms with van der Waals surface area (Å²) in [6, 6.07) is 8.14. The number of allylic oxidation sites excluding steroid dienone is 2. The van der Waals surface area contributed by atoms with Crippen LogP contribution in [-0.4, -0.2) is 18.6 Å². The van der Waals surface area contributed by atoms with E-state index < -0.39 is 0 Å². The van der Waals surface area contributed by atoms with Crippen molar-refractivity contribution >= 4 is 0 Å². The fraction of sp³-hybridized carbons (Fsp3) is 0.200. The summed E-state index contributed by atoms with van der Waals surface area (Å²) >= 11 is 0. The van der Waals surface area contributed by atoms with Gasteiger partial charge in [0.1, 0.15) is 18.1 Å². The molecule has 1 aromatic rings. The molecule has 0 amide bonds. The lowest BCUT2D eigenvalue weighted by Gasteiger charge is -2.24. The maximum atomic E-state index is 5.52. The van der Waals surface area contributed by atoms with Crippen molar-refractivity contribution in [3.63, 3.8) is 0 Å². The summed E-state index contributed by atoms with van der Waals surface area (Å²) in [6.45, 7) is 1.51. The third-order valence-corrected chi connectivity index (χ3v) is 3.10. The number of hydrogen-bond acceptors (Lipinski definition) is 3. The number of nitrogens with zero attached hydrogens (tertiary/aromatic N) is 1. The lowest BCUT2D eigenvalue weighted by molar-refractivity contribution is 0.262. The van der Waals surface area contributed by atoms with Crippen LogP contribution in [0, 0.1) is 0 Å². The molecule has 92 valence electrons. The Balaban J connectivity index is 1.76. The molecule has 0 unspecified atom stereocenters. The van der Waals surface area contributed by atoms with Crippen LogP contribution < -0.4 is 4.74 Å². The molecule has 0 bridgehead atoms. The Labute approximate surface area is 107 Å². The summed E-state index contributed by atoms with van der Waals surface area (Å²) in [5, 5.41) is 0. The minimum Gasteiger partial charge on any atom is -0.497 e. The normalized spacial score (nSPS) is 16.8. The van der Waals surface area contributed by atoms with E-state index in [-0.39, 0.29) is 0 Å². The van der Waals surface area contributed by atoms with Gasteiger partial charge in [0.15, 0.2) is 0 Å². The minimum atomic E-state index is 0.669. The summed E-state index contributed by atoms with van der Waals surface area (Å²) in [5.41, 5.74) is 2.41. The van der Waals surface area contributed by atoms with Gasteiger partial charge in [-0.05, 0) is 35.9 Å². The van der Waals surface area contributed by atoms with E-state index in [0.717, 1.165) is 23.8 Å². The predicted molar refractivity (Wildman–Crippen MR) is 69.8 cm³/mol. The Morgan fingerprint density at radius 1 is 1.28 bits per heavy atom. The first-order chi connectivity index (χ1) is 8.86. The maximum Gasteiger partial charge on any atom is 0.143 e. The van der Waals surface area contributed by atoms with E-state index in [0.29, 0.717) is 6.61 Å². The van der Waals surface area contributed by atoms with Crippen molar-refractivity contribution in [2.45, 2.75) is 6.54 Å². The molecule has 0 spiro atoms. The molecule has 3 rings (SSSR count). The van der Waals surface area contributed by atoms with Gasteiger partial charge in [-0.2, -0.15) is 0 Å².